The van der Waals surface area contributed by atoms with E-state index < -0.39 is 0 Å². The normalized spacial score (nSPS) is 9.50. The molecule has 0 spiro atoms. The SMILES string of the molecule is COc1cc(C#N)c(-c2ccsc2)c(C#N)c1O. The van der Waals surface area contributed by atoms with Gasteiger partial charge < -0.3 is 9.84 Å². The zero-order valence-corrected chi connectivity index (χ0v) is 10.3. The molecule has 1 aromatic carbocycles. The summed E-state index contributed by atoms with van der Waals surface area (Å²) in [6.07, 6.45) is 0. The Kier molecular flexibility index (Phi) is 3.18. The van der Waals surface area contributed by atoms with Crippen LogP contribution in [0.5, 0.6) is 11.5 Å². The fourth-order valence-corrected chi connectivity index (χ4v) is 2.35. The minimum Gasteiger partial charge on any atom is -0.503 e. The van der Waals surface area contributed by atoms with Crippen LogP contribution in [0.25, 0.3) is 11.1 Å². The molecule has 1 aromatic heterocycles. The summed E-state index contributed by atoms with van der Waals surface area (Å²) in [6, 6.07) is 7.18. The second-order valence-corrected chi connectivity index (χ2v) is 4.24. The molecule has 0 bridgehead atoms. The number of aromatic hydroxyl groups is 1. The largest absolute Gasteiger partial charge is 0.503 e. The lowest BCUT2D eigenvalue weighted by molar-refractivity contribution is 0.373. The van der Waals surface area contributed by atoms with Gasteiger partial charge in [-0.25, -0.2) is 0 Å². The summed E-state index contributed by atoms with van der Waals surface area (Å²) in [5.74, 6) is -0.109. The van der Waals surface area contributed by atoms with E-state index in [4.69, 9.17) is 15.3 Å². The third-order valence-corrected chi connectivity index (χ3v) is 3.21. The van der Waals surface area contributed by atoms with Crippen molar-refractivity contribution in [1.29, 1.82) is 10.5 Å². The van der Waals surface area contributed by atoms with Crippen molar-refractivity contribution in [3.63, 3.8) is 0 Å². The topological polar surface area (TPSA) is 77.0 Å². The third-order valence-electron chi connectivity index (χ3n) is 2.53. The Bertz CT molecular complexity index is 664. The number of thiophene rings is 1. The van der Waals surface area contributed by atoms with Crippen molar-refractivity contribution in [2.45, 2.75) is 0 Å². The Morgan fingerprint density at radius 1 is 1.33 bits per heavy atom. The first kappa shape index (κ1) is 12.0. The van der Waals surface area contributed by atoms with Gasteiger partial charge in [-0.05, 0) is 22.4 Å². The van der Waals surface area contributed by atoms with Gasteiger partial charge in [0.1, 0.15) is 11.6 Å². The van der Waals surface area contributed by atoms with E-state index in [0.717, 1.165) is 5.56 Å². The summed E-state index contributed by atoms with van der Waals surface area (Å²) >= 11 is 1.46. The van der Waals surface area contributed by atoms with Crippen LogP contribution in [-0.2, 0) is 0 Å². The molecule has 5 heteroatoms. The van der Waals surface area contributed by atoms with Crippen LogP contribution in [0.4, 0.5) is 0 Å². The Labute approximate surface area is 108 Å². The van der Waals surface area contributed by atoms with Gasteiger partial charge in [-0.15, -0.1) is 0 Å². The lowest BCUT2D eigenvalue weighted by Gasteiger charge is -2.10. The summed E-state index contributed by atoms with van der Waals surface area (Å²) in [4.78, 5) is 0. The van der Waals surface area contributed by atoms with Crippen LogP contribution >= 0.6 is 11.3 Å². The number of phenolic OH excluding ortho intramolecular Hbond substituents is 1. The quantitative estimate of drug-likeness (QED) is 0.896. The summed E-state index contributed by atoms with van der Waals surface area (Å²) < 4.78 is 4.95. The fraction of sp³-hybridized carbons (Fsp3) is 0.0769. The highest BCUT2D eigenvalue weighted by molar-refractivity contribution is 7.08. The average Bonchev–Trinajstić information content (AvgIpc) is 2.91. The molecule has 0 fully saturated rings. The molecule has 0 aliphatic rings. The van der Waals surface area contributed by atoms with Crippen molar-refractivity contribution in [3.8, 4) is 34.8 Å². The molecule has 0 aliphatic heterocycles. The maximum Gasteiger partial charge on any atom is 0.176 e. The fourth-order valence-electron chi connectivity index (χ4n) is 1.71. The number of phenols is 1. The predicted molar refractivity (Wildman–Crippen MR) is 67.4 cm³/mol. The van der Waals surface area contributed by atoms with Crippen molar-refractivity contribution in [2.24, 2.45) is 0 Å². The molecule has 0 radical (unpaired) electrons. The molecule has 0 saturated carbocycles. The molecule has 2 rings (SSSR count). The Balaban J connectivity index is 2.84. The van der Waals surface area contributed by atoms with Crippen molar-refractivity contribution < 1.29 is 9.84 Å². The van der Waals surface area contributed by atoms with E-state index in [9.17, 15) is 5.11 Å². The Morgan fingerprint density at radius 3 is 2.61 bits per heavy atom. The average molecular weight is 256 g/mol. The van der Waals surface area contributed by atoms with Crippen LogP contribution in [0, 0.1) is 22.7 Å². The van der Waals surface area contributed by atoms with Crippen molar-refractivity contribution in [3.05, 3.63) is 34.0 Å². The molecular formula is C13H8N2O2S. The van der Waals surface area contributed by atoms with Gasteiger partial charge in [0, 0.05) is 11.6 Å². The van der Waals surface area contributed by atoms with E-state index in [2.05, 4.69) is 0 Å². The first-order chi connectivity index (χ1) is 8.72. The molecule has 18 heavy (non-hydrogen) atoms. The van der Waals surface area contributed by atoms with Gasteiger partial charge in [0.15, 0.2) is 11.5 Å². The van der Waals surface area contributed by atoms with Crippen LogP contribution in [-0.4, -0.2) is 12.2 Å². The van der Waals surface area contributed by atoms with E-state index in [1.54, 1.807) is 6.07 Å². The van der Waals surface area contributed by atoms with Gasteiger partial charge in [0.25, 0.3) is 0 Å². The first-order valence-corrected chi connectivity index (χ1v) is 5.94. The number of nitrogens with zero attached hydrogens (tertiary/aromatic N) is 2. The van der Waals surface area contributed by atoms with E-state index in [-0.39, 0.29) is 17.1 Å². The van der Waals surface area contributed by atoms with Crippen molar-refractivity contribution in [2.75, 3.05) is 7.11 Å². The molecule has 0 unspecified atom stereocenters. The van der Waals surface area contributed by atoms with Gasteiger partial charge in [-0.2, -0.15) is 21.9 Å². The number of hydrogen-bond donors (Lipinski definition) is 1. The lowest BCUT2D eigenvalue weighted by atomic mass is 9.96. The molecule has 4 nitrogen and oxygen atoms in total. The molecule has 0 saturated heterocycles. The van der Waals surface area contributed by atoms with Crippen LogP contribution < -0.4 is 4.74 Å². The van der Waals surface area contributed by atoms with Gasteiger partial charge in [0.2, 0.25) is 0 Å². The summed E-state index contributed by atoms with van der Waals surface area (Å²) in [5, 5.41) is 31.9. The molecule has 0 aliphatic carbocycles. The number of benzene rings is 1. The number of nitriles is 2. The molecule has 0 amide bonds. The third kappa shape index (κ3) is 1.77. The van der Waals surface area contributed by atoms with Crippen LogP contribution in [0.1, 0.15) is 11.1 Å². The lowest BCUT2D eigenvalue weighted by Crippen LogP contribution is -1.94. The minimum absolute atomic E-state index is 0.0595. The van der Waals surface area contributed by atoms with E-state index in [1.165, 1.54) is 24.5 Å². The van der Waals surface area contributed by atoms with Crippen molar-refractivity contribution >= 4 is 11.3 Å². The van der Waals surface area contributed by atoms with E-state index >= 15 is 0 Å². The maximum absolute atomic E-state index is 9.93. The highest BCUT2D eigenvalue weighted by atomic mass is 32.1. The second kappa shape index (κ2) is 4.79. The van der Waals surface area contributed by atoms with Gasteiger partial charge in [-0.3, -0.25) is 0 Å². The molecule has 0 atom stereocenters. The number of rotatable bonds is 2. The predicted octanol–water partition coefficient (Wildman–Crippen LogP) is 2.87. The van der Waals surface area contributed by atoms with Crippen LogP contribution in [0.3, 0.4) is 0 Å². The Hall–Kier alpha value is -2.50. The maximum atomic E-state index is 9.93. The van der Waals surface area contributed by atoms with E-state index in [0.29, 0.717) is 11.1 Å². The minimum atomic E-state index is -0.236. The molecule has 1 heterocycles. The Morgan fingerprint density at radius 2 is 2.11 bits per heavy atom. The number of ether oxygens (including phenoxy) is 1. The number of hydrogen-bond acceptors (Lipinski definition) is 5. The van der Waals surface area contributed by atoms with Gasteiger partial charge >= 0.3 is 0 Å². The van der Waals surface area contributed by atoms with Crippen molar-refractivity contribution in [1.82, 2.24) is 0 Å². The zero-order valence-electron chi connectivity index (χ0n) is 9.47. The molecule has 1 N–H and O–H groups in total. The van der Waals surface area contributed by atoms with Crippen LogP contribution in [0.2, 0.25) is 0 Å². The van der Waals surface area contributed by atoms with Gasteiger partial charge in [-0.1, -0.05) is 0 Å². The first-order valence-electron chi connectivity index (χ1n) is 4.99. The number of methoxy groups -OCH3 is 1. The van der Waals surface area contributed by atoms with E-state index in [1.807, 2.05) is 22.9 Å². The standard InChI is InChI=1S/C13H8N2O2S/c1-17-11-4-9(5-14)12(8-2-3-18-7-8)10(6-15)13(11)16/h2-4,7,16H,1H3. The highest BCUT2D eigenvalue weighted by Crippen LogP contribution is 2.40. The summed E-state index contributed by atoms with van der Waals surface area (Å²) in [7, 11) is 1.38. The molecule has 2 aromatic rings. The smallest absolute Gasteiger partial charge is 0.176 e. The highest BCUT2D eigenvalue weighted by Gasteiger charge is 2.19. The van der Waals surface area contributed by atoms with Crippen LogP contribution in [0.15, 0.2) is 22.9 Å². The molecular weight excluding hydrogens is 248 g/mol. The second-order valence-electron chi connectivity index (χ2n) is 3.46. The van der Waals surface area contributed by atoms with Gasteiger partial charge in [0.05, 0.1) is 18.7 Å². The monoisotopic (exact) mass is 256 g/mol. The summed E-state index contributed by atoms with van der Waals surface area (Å²) in [5.41, 5.74) is 1.55. The molecule has 88 valence electrons. The summed E-state index contributed by atoms with van der Waals surface area (Å²) in [6.45, 7) is 0. The zero-order chi connectivity index (χ0) is 13.1.